The van der Waals surface area contributed by atoms with Crippen molar-refractivity contribution >= 4 is 35.4 Å². The Labute approximate surface area is 252 Å². The fraction of sp³-hybridized carbons (Fsp3) is 0.394. The van der Waals surface area contributed by atoms with Crippen LogP contribution in [0, 0.1) is 6.92 Å². The number of nitrogens with zero attached hydrogens (tertiary/aromatic N) is 1. The predicted molar refractivity (Wildman–Crippen MR) is 171 cm³/mol. The summed E-state index contributed by atoms with van der Waals surface area (Å²) in [6.07, 6.45) is 5.55. The topological polar surface area (TPSA) is 78.9 Å². The van der Waals surface area contributed by atoms with E-state index in [9.17, 15) is 14.7 Å². The second kappa shape index (κ2) is 15.4. The molecule has 3 unspecified atom stereocenters. The molecule has 3 atom stereocenters. The third kappa shape index (κ3) is 8.61. The van der Waals surface area contributed by atoms with Gasteiger partial charge in [-0.3, -0.25) is 9.69 Å². The number of ether oxygens (including phenoxy) is 1. The van der Waals surface area contributed by atoms with Crippen molar-refractivity contribution in [2.24, 2.45) is 0 Å². The normalized spacial score (nSPS) is 17.8. The van der Waals surface area contributed by atoms with Crippen molar-refractivity contribution < 1.29 is 19.4 Å². The molecule has 1 fully saturated rings. The molecule has 218 valence electrons. The van der Waals surface area contributed by atoms with E-state index in [1.165, 1.54) is 5.56 Å². The fourth-order valence-electron chi connectivity index (χ4n) is 5.31. The number of hydrogen-bond acceptors (Lipinski definition) is 6. The van der Waals surface area contributed by atoms with Gasteiger partial charge in [-0.05, 0) is 78.0 Å². The molecular formula is C33H40N2O4S2. The van der Waals surface area contributed by atoms with Crippen LogP contribution in [0.5, 0.6) is 0 Å². The second-order valence-corrected chi connectivity index (χ2v) is 12.6. The minimum Gasteiger partial charge on any atom is -0.480 e. The van der Waals surface area contributed by atoms with Crippen molar-refractivity contribution in [1.29, 1.82) is 0 Å². The van der Waals surface area contributed by atoms with Gasteiger partial charge in [0.1, 0.15) is 6.04 Å². The number of carbonyl (C=O) groups excluding carboxylic acids is 1. The Bertz CT molecular complexity index is 1300. The summed E-state index contributed by atoms with van der Waals surface area (Å²) in [5, 5.41) is 13.0. The highest BCUT2D eigenvalue weighted by Gasteiger charge is 2.32. The van der Waals surface area contributed by atoms with Crippen LogP contribution in [-0.4, -0.2) is 70.6 Å². The summed E-state index contributed by atoms with van der Waals surface area (Å²) in [5.41, 5.74) is 5.64. The molecule has 0 aliphatic carbocycles. The molecule has 1 saturated heterocycles. The van der Waals surface area contributed by atoms with E-state index < -0.39 is 12.0 Å². The molecule has 8 heteroatoms. The van der Waals surface area contributed by atoms with E-state index in [4.69, 9.17) is 4.74 Å². The number of benzene rings is 3. The average molecular weight is 593 g/mol. The molecule has 0 saturated carbocycles. The van der Waals surface area contributed by atoms with Crippen LogP contribution in [0.25, 0.3) is 11.1 Å². The summed E-state index contributed by atoms with van der Waals surface area (Å²) >= 11 is 3.47. The minimum atomic E-state index is -1.01. The maximum absolute atomic E-state index is 13.4. The third-order valence-corrected chi connectivity index (χ3v) is 9.26. The standard InChI is InChI=1S/C33H40N2O4S2/c1-23-9-7-8-12-28(23)30-17-25(13-14-29(30)32(36)34-31(33(37)38)15-16-40-2)19-35-20-27(41-3)18-26(35)22-39-21-24-10-5-4-6-11-24/h4-14,17,26-27,31H,15-16,18-22H2,1-3H3,(H,34,36)(H,37,38). The smallest absolute Gasteiger partial charge is 0.326 e. The van der Waals surface area contributed by atoms with E-state index in [1.807, 2.05) is 79.5 Å². The number of carbonyl (C=O) groups is 2. The summed E-state index contributed by atoms with van der Waals surface area (Å²) in [5.74, 6) is -0.720. The van der Waals surface area contributed by atoms with Gasteiger partial charge in [0.25, 0.3) is 5.91 Å². The van der Waals surface area contributed by atoms with E-state index in [-0.39, 0.29) is 5.91 Å². The molecule has 3 aromatic carbocycles. The van der Waals surface area contributed by atoms with Crippen LogP contribution in [0.4, 0.5) is 0 Å². The van der Waals surface area contributed by atoms with E-state index in [1.54, 1.807) is 11.8 Å². The number of nitrogens with one attached hydrogen (secondary N) is 1. The number of carboxylic acid groups (broad SMARTS) is 1. The molecule has 4 rings (SSSR count). The molecule has 1 aliphatic heterocycles. The number of aliphatic carboxylic acids is 1. The lowest BCUT2D eigenvalue weighted by Crippen LogP contribution is -2.41. The van der Waals surface area contributed by atoms with Crippen LogP contribution in [-0.2, 0) is 22.7 Å². The maximum Gasteiger partial charge on any atom is 0.326 e. The summed E-state index contributed by atoms with van der Waals surface area (Å²) < 4.78 is 6.15. The van der Waals surface area contributed by atoms with E-state index in [0.717, 1.165) is 41.8 Å². The van der Waals surface area contributed by atoms with Crippen LogP contribution < -0.4 is 5.32 Å². The van der Waals surface area contributed by atoms with Crippen LogP contribution >= 0.6 is 23.5 Å². The number of aryl methyl sites for hydroxylation is 1. The molecular weight excluding hydrogens is 553 g/mol. The molecule has 0 radical (unpaired) electrons. The molecule has 1 aliphatic rings. The van der Waals surface area contributed by atoms with E-state index >= 15 is 0 Å². The van der Waals surface area contributed by atoms with Crippen molar-refractivity contribution in [2.75, 3.05) is 31.4 Å². The van der Waals surface area contributed by atoms with Crippen LogP contribution in [0.1, 0.15) is 39.9 Å². The highest BCUT2D eigenvalue weighted by atomic mass is 32.2. The van der Waals surface area contributed by atoms with Gasteiger partial charge >= 0.3 is 5.97 Å². The fourth-order valence-corrected chi connectivity index (χ4v) is 6.54. The highest BCUT2D eigenvalue weighted by molar-refractivity contribution is 7.99. The Morgan fingerprint density at radius 2 is 1.78 bits per heavy atom. The second-order valence-electron chi connectivity index (χ2n) is 10.5. The average Bonchev–Trinajstić information content (AvgIpc) is 3.37. The molecule has 1 heterocycles. The summed E-state index contributed by atoms with van der Waals surface area (Å²) in [6, 6.07) is 23.6. The molecule has 3 aromatic rings. The van der Waals surface area contributed by atoms with Crippen molar-refractivity contribution in [3.8, 4) is 11.1 Å². The van der Waals surface area contributed by atoms with Gasteiger partial charge in [0.05, 0.1) is 13.2 Å². The molecule has 0 bridgehead atoms. The first-order valence-electron chi connectivity index (χ1n) is 14.0. The molecule has 2 N–H and O–H groups in total. The van der Waals surface area contributed by atoms with Gasteiger partial charge in [-0.1, -0.05) is 60.7 Å². The zero-order valence-electron chi connectivity index (χ0n) is 24.0. The molecule has 6 nitrogen and oxygen atoms in total. The molecule has 0 aromatic heterocycles. The van der Waals surface area contributed by atoms with Gasteiger partial charge < -0.3 is 15.2 Å². The van der Waals surface area contributed by atoms with Gasteiger partial charge in [-0.2, -0.15) is 23.5 Å². The van der Waals surface area contributed by atoms with Crippen molar-refractivity contribution in [3.63, 3.8) is 0 Å². The molecule has 1 amide bonds. The first-order chi connectivity index (χ1) is 19.9. The zero-order chi connectivity index (χ0) is 29.2. The summed E-state index contributed by atoms with van der Waals surface area (Å²) in [4.78, 5) is 27.8. The van der Waals surface area contributed by atoms with Gasteiger partial charge in [0, 0.05) is 29.9 Å². The monoisotopic (exact) mass is 592 g/mol. The van der Waals surface area contributed by atoms with Gasteiger partial charge in [0.15, 0.2) is 0 Å². The number of likely N-dealkylation sites (tertiary alicyclic amines) is 1. The largest absolute Gasteiger partial charge is 0.480 e. The van der Waals surface area contributed by atoms with E-state index in [0.29, 0.717) is 42.2 Å². The van der Waals surface area contributed by atoms with Crippen LogP contribution in [0.3, 0.4) is 0 Å². The Morgan fingerprint density at radius 1 is 1.02 bits per heavy atom. The first-order valence-corrected chi connectivity index (χ1v) is 16.7. The Morgan fingerprint density at radius 3 is 2.49 bits per heavy atom. The van der Waals surface area contributed by atoms with Gasteiger partial charge in [-0.15, -0.1) is 0 Å². The first kappa shape index (κ1) is 31.2. The Balaban J connectivity index is 1.55. The van der Waals surface area contributed by atoms with Gasteiger partial charge in [-0.25, -0.2) is 4.79 Å². The quantitative estimate of drug-likeness (QED) is 0.234. The van der Waals surface area contributed by atoms with Crippen molar-refractivity contribution in [3.05, 3.63) is 95.1 Å². The van der Waals surface area contributed by atoms with Crippen LogP contribution in [0.2, 0.25) is 0 Å². The number of hydrogen-bond donors (Lipinski definition) is 2. The van der Waals surface area contributed by atoms with Gasteiger partial charge in [0.2, 0.25) is 0 Å². The lowest BCUT2D eigenvalue weighted by atomic mass is 9.93. The molecule has 41 heavy (non-hydrogen) atoms. The minimum absolute atomic E-state index is 0.314. The third-order valence-electron chi connectivity index (χ3n) is 7.61. The predicted octanol–water partition coefficient (Wildman–Crippen LogP) is 6.12. The molecule has 0 spiro atoms. The van der Waals surface area contributed by atoms with Crippen molar-refractivity contribution in [2.45, 2.75) is 50.3 Å². The zero-order valence-corrected chi connectivity index (χ0v) is 25.7. The lowest BCUT2D eigenvalue weighted by Gasteiger charge is -2.25. The summed E-state index contributed by atoms with van der Waals surface area (Å²) in [7, 11) is 0. The number of rotatable bonds is 14. The number of amides is 1. The Hall–Kier alpha value is -2.78. The Kier molecular flexibility index (Phi) is 11.7. The van der Waals surface area contributed by atoms with Crippen LogP contribution in [0.15, 0.2) is 72.8 Å². The highest BCUT2D eigenvalue weighted by Crippen LogP contribution is 2.32. The summed E-state index contributed by atoms with van der Waals surface area (Å²) in [6.45, 7) is 5.04. The number of thioether (sulfide) groups is 2. The van der Waals surface area contributed by atoms with E-state index in [2.05, 4.69) is 34.7 Å². The van der Waals surface area contributed by atoms with Crippen molar-refractivity contribution in [1.82, 2.24) is 10.2 Å². The lowest BCUT2D eigenvalue weighted by molar-refractivity contribution is -0.139. The maximum atomic E-state index is 13.4. The SMILES string of the molecule is CSCCC(NC(=O)c1ccc(CN2CC(SC)CC2COCc2ccccc2)cc1-c1ccccc1C)C(=O)O. The number of carboxylic acids is 1.